The van der Waals surface area contributed by atoms with Crippen LogP contribution >= 0.6 is 15.9 Å². The molecule has 1 aromatic rings. The molecule has 17 heavy (non-hydrogen) atoms. The second kappa shape index (κ2) is 4.30. The Morgan fingerprint density at radius 2 is 2.24 bits per heavy atom. The molecule has 0 bridgehead atoms. The fourth-order valence-electron chi connectivity index (χ4n) is 1.57. The van der Waals surface area contributed by atoms with Crippen molar-refractivity contribution in [1.82, 2.24) is 9.97 Å². The summed E-state index contributed by atoms with van der Waals surface area (Å²) in [5.74, 6) is -0.230. The van der Waals surface area contributed by atoms with Crippen molar-refractivity contribution in [2.75, 3.05) is 11.4 Å². The highest BCUT2D eigenvalue weighted by Crippen LogP contribution is 2.28. The minimum Gasteiger partial charge on any atom is -0.294 e. The zero-order valence-electron chi connectivity index (χ0n) is 8.38. The number of aromatic nitrogens is 2. The van der Waals surface area contributed by atoms with Crippen LogP contribution in [0.5, 0.6) is 0 Å². The first-order valence-corrected chi connectivity index (χ1v) is 6.83. The van der Waals surface area contributed by atoms with Crippen LogP contribution in [0.1, 0.15) is 6.42 Å². The first kappa shape index (κ1) is 12.4. The van der Waals surface area contributed by atoms with Gasteiger partial charge in [-0.1, -0.05) is 0 Å². The average molecular weight is 324 g/mol. The largest absolute Gasteiger partial charge is 0.307 e. The maximum atomic E-state index is 12.8. The fourth-order valence-corrected chi connectivity index (χ4v) is 2.68. The molecule has 1 fully saturated rings. The molecule has 1 atom stereocenters. The van der Waals surface area contributed by atoms with Crippen LogP contribution in [-0.4, -0.2) is 36.1 Å². The van der Waals surface area contributed by atoms with E-state index in [1.807, 2.05) is 0 Å². The van der Waals surface area contributed by atoms with Crippen molar-refractivity contribution in [3.05, 3.63) is 17.0 Å². The van der Waals surface area contributed by atoms with E-state index in [2.05, 4.69) is 25.9 Å². The summed E-state index contributed by atoms with van der Waals surface area (Å²) in [6.45, 7) is -0.229. The van der Waals surface area contributed by atoms with Gasteiger partial charge in [0.15, 0.2) is 5.82 Å². The molecule has 2 rings (SSSR count). The molecule has 1 aliphatic rings. The van der Waals surface area contributed by atoms with Crippen LogP contribution in [0, 0.1) is 0 Å². The molecule has 92 valence electrons. The summed E-state index contributed by atoms with van der Waals surface area (Å²) in [5, 5.41) is -1.32. The molecule has 0 aromatic carbocycles. The van der Waals surface area contributed by atoms with Crippen molar-refractivity contribution < 1.29 is 17.1 Å². The molecule has 1 aromatic heterocycles. The van der Waals surface area contributed by atoms with Gasteiger partial charge < -0.3 is 0 Å². The third-order valence-electron chi connectivity index (χ3n) is 2.39. The predicted molar refractivity (Wildman–Crippen MR) is 60.5 cm³/mol. The van der Waals surface area contributed by atoms with Crippen molar-refractivity contribution in [3.8, 4) is 0 Å². The Bertz CT molecular complexity index is 565. The van der Waals surface area contributed by atoms with Crippen LogP contribution in [0.25, 0.3) is 0 Å². The van der Waals surface area contributed by atoms with E-state index < -0.39 is 21.4 Å². The highest BCUT2D eigenvalue weighted by Gasteiger charge is 2.40. The van der Waals surface area contributed by atoms with Gasteiger partial charge in [-0.3, -0.25) is 9.69 Å². The Morgan fingerprint density at radius 1 is 1.53 bits per heavy atom. The summed E-state index contributed by atoms with van der Waals surface area (Å²) in [6.07, 6.45) is 2.28. The SMILES string of the molecule is O=C1CC(S(=O)(=O)F)CN1c1ncncc1Br. The van der Waals surface area contributed by atoms with Crippen molar-refractivity contribution in [2.24, 2.45) is 0 Å². The van der Waals surface area contributed by atoms with Gasteiger partial charge in [-0.05, 0) is 15.9 Å². The quantitative estimate of drug-likeness (QED) is 0.746. The van der Waals surface area contributed by atoms with Crippen molar-refractivity contribution in [2.45, 2.75) is 11.7 Å². The summed E-state index contributed by atoms with van der Waals surface area (Å²) < 4.78 is 34.8. The Balaban J connectivity index is 2.31. The first-order chi connectivity index (χ1) is 7.89. The smallest absolute Gasteiger partial charge is 0.294 e. The molecule has 1 saturated heterocycles. The lowest BCUT2D eigenvalue weighted by Crippen LogP contribution is -2.28. The van der Waals surface area contributed by atoms with Gasteiger partial charge in [0.2, 0.25) is 5.91 Å². The van der Waals surface area contributed by atoms with Gasteiger partial charge >= 0.3 is 10.2 Å². The van der Waals surface area contributed by atoms with E-state index in [-0.39, 0.29) is 18.8 Å². The highest BCUT2D eigenvalue weighted by molar-refractivity contribution is 9.10. The Morgan fingerprint density at radius 3 is 2.76 bits per heavy atom. The minimum atomic E-state index is -4.71. The monoisotopic (exact) mass is 323 g/mol. The molecule has 0 N–H and O–H groups in total. The van der Waals surface area contributed by atoms with Gasteiger partial charge in [0.05, 0.1) is 4.47 Å². The molecular weight excluding hydrogens is 317 g/mol. The van der Waals surface area contributed by atoms with Gasteiger partial charge in [-0.25, -0.2) is 9.97 Å². The second-order valence-corrected chi connectivity index (χ2v) is 5.97. The normalized spacial score (nSPS) is 20.9. The zero-order chi connectivity index (χ0) is 12.6. The number of halogens is 2. The lowest BCUT2D eigenvalue weighted by molar-refractivity contribution is -0.117. The maximum absolute atomic E-state index is 12.8. The average Bonchev–Trinajstić information content (AvgIpc) is 2.61. The third kappa shape index (κ3) is 2.44. The van der Waals surface area contributed by atoms with Gasteiger partial charge in [0.1, 0.15) is 11.6 Å². The number of carbonyl (C=O) groups excluding carboxylic acids is 1. The van der Waals surface area contributed by atoms with E-state index in [1.54, 1.807) is 0 Å². The maximum Gasteiger partial charge on any atom is 0.307 e. The lowest BCUT2D eigenvalue weighted by atomic mass is 10.4. The van der Waals surface area contributed by atoms with E-state index in [0.717, 1.165) is 4.90 Å². The van der Waals surface area contributed by atoms with Gasteiger partial charge in [0.25, 0.3) is 0 Å². The Hall–Kier alpha value is -1.09. The van der Waals surface area contributed by atoms with E-state index >= 15 is 0 Å². The number of rotatable bonds is 2. The van der Waals surface area contributed by atoms with Gasteiger partial charge in [-0.2, -0.15) is 8.42 Å². The number of carbonyl (C=O) groups is 1. The zero-order valence-corrected chi connectivity index (χ0v) is 10.8. The van der Waals surface area contributed by atoms with Crippen molar-refractivity contribution in [1.29, 1.82) is 0 Å². The molecule has 9 heteroatoms. The fraction of sp³-hybridized carbons (Fsp3) is 0.375. The second-order valence-electron chi connectivity index (χ2n) is 3.50. The van der Waals surface area contributed by atoms with Crippen LogP contribution in [0.3, 0.4) is 0 Å². The first-order valence-electron chi connectivity index (χ1n) is 4.59. The van der Waals surface area contributed by atoms with Crippen molar-refractivity contribution >= 4 is 37.9 Å². The van der Waals surface area contributed by atoms with Crippen LogP contribution < -0.4 is 4.90 Å². The van der Waals surface area contributed by atoms with Crippen LogP contribution in [-0.2, 0) is 15.0 Å². The number of anilines is 1. The van der Waals surface area contributed by atoms with Crippen LogP contribution in [0.15, 0.2) is 17.0 Å². The number of amides is 1. The molecule has 0 saturated carbocycles. The number of nitrogens with zero attached hydrogens (tertiary/aromatic N) is 3. The van der Waals surface area contributed by atoms with Gasteiger partial charge in [0, 0.05) is 19.2 Å². The van der Waals surface area contributed by atoms with Crippen LogP contribution in [0.2, 0.25) is 0 Å². The molecule has 0 aliphatic carbocycles. The summed E-state index contributed by atoms with van der Waals surface area (Å²) in [5.41, 5.74) is 0. The van der Waals surface area contributed by atoms with E-state index in [4.69, 9.17) is 0 Å². The Labute approximate surface area is 105 Å². The highest BCUT2D eigenvalue weighted by atomic mass is 79.9. The Kier molecular flexibility index (Phi) is 3.13. The van der Waals surface area contributed by atoms with E-state index in [1.165, 1.54) is 12.5 Å². The number of hydrogen-bond donors (Lipinski definition) is 0. The predicted octanol–water partition coefficient (Wildman–Crippen LogP) is 0.644. The summed E-state index contributed by atoms with van der Waals surface area (Å²) in [4.78, 5) is 20.3. The summed E-state index contributed by atoms with van der Waals surface area (Å²) in [7, 11) is -4.71. The molecular formula is C8H7BrFN3O3S. The van der Waals surface area contributed by atoms with E-state index in [0.29, 0.717) is 4.47 Å². The minimum absolute atomic E-state index is 0.229. The standard InChI is InChI=1S/C8H7BrFN3O3S/c9-6-2-11-4-12-8(6)13-3-5(1-7(13)14)17(10,15)16/h2,4-5H,1,3H2. The van der Waals surface area contributed by atoms with E-state index in [9.17, 15) is 17.1 Å². The third-order valence-corrected chi connectivity index (χ3v) is 4.06. The summed E-state index contributed by atoms with van der Waals surface area (Å²) >= 11 is 3.14. The topological polar surface area (TPSA) is 80.2 Å². The van der Waals surface area contributed by atoms with Gasteiger partial charge in [-0.15, -0.1) is 3.89 Å². The molecule has 1 unspecified atom stereocenters. The van der Waals surface area contributed by atoms with Crippen LogP contribution in [0.4, 0.5) is 9.70 Å². The molecule has 0 radical (unpaired) electrons. The molecule has 1 aliphatic heterocycles. The molecule has 2 heterocycles. The van der Waals surface area contributed by atoms with Crippen molar-refractivity contribution in [3.63, 3.8) is 0 Å². The number of hydrogen-bond acceptors (Lipinski definition) is 5. The molecule has 1 amide bonds. The summed E-state index contributed by atoms with van der Waals surface area (Å²) in [6, 6.07) is 0. The lowest BCUT2D eigenvalue weighted by Gasteiger charge is -2.15. The molecule has 0 spiro atoms. The molecule has 6 nitrogen and oxygen atoms in total.